The molecule has 0 amide bonds. The number of alkyl halides is 3. The van der Waals surface area contributed by atoms with Crippen molar-refractivity contribution in [1.82, 2.24) is 0 Å². The first-order chi connectivity index (χ1) is 12.8. The third-order valence-corrected chi connectivity index (χ3v) is 3.55. The van der Waals surface area contributed by atoms with E-state index in [-0.39, 0.29) is 26.1 Å². The van der Waals surface area contributed by atoms with Crippen LogP contribution < -0.4 is 0 Å². The standard InChI is InChI=1S/C17H19BrF4O5/c1-24-9-10-25-11-26-14(15(19)20)13(27-16(23)17(18,21)22)8-7-12-5-3-2-4-6-12/h2-6,13H,7-11H2,1H3. The van der Waals surface area contributed by atoms with Gasteiger partial charge in [-0.05, 0) is 18.4 Å². The predicted molar refractivity (Wildman–Crippen MR) is 91.5 cm³/mol. The van der Waals surface area contributed by atoms with E-state index in [0.29, 0.717) is 0 Å². The lowest BCUT2D eigenvalue weighted by molar-refractivity contribution is -0.167. The minimum atomic E-state index is -4.01. The van der Waals surface area contributed by atoms with Crippen molar-refractivity contribution in [2.75, 3.05) is 27.1 Å². The molecule has 0 aliphatic heterocycles. The van der Waals surface area contributed by atoms with E-state index >= 15 is 0 Å². The van der Waals surface area contributed by atoms with Gasteiger partial charge in [0.15, 0.2) is 12.9 Å². The van der Waals surface area contributed by atoms with Crippen LogP contribution in [0, 0.1) is 0 Å². The van der Waals surface area contributed by atoms with Gasteiger partial charge in [-0.3, -0.25) is 0 Å². The van der Waals surface area contributed by atoms with Gasteiger partial charge in [-0.1, -0.05) is 30.3 Å². The second-order valence-corrected chi connectivity index (χ2v) is 6.20. The Kier molecular flexibility index (Phi) is 10.3. The fourth-order valence-corrected chi connectivity index (χ4v) is 2.05. The van der Waals surface area contributed by atoms with Crippen molar-refractivity contribution in [2.45, 2.75) is 23.8 Å². The number of hydrogen-bond acceptors (Lipinski definition) is 5. The topological polar surface area (TPSA) is 54.0 Å². The fraction of sp³-hybridized carbons (Fsp3) is 0.471. The molecule has 0 radical (unpaired) electrons. The Bertz CT molecular complexity index is 603. The highest BCUT2D eigenvalue weighted by molar-refractivity contribution is 9.10. The van der Waals surface area contributed by atoms with Crippen LogP contribution >= 0.6 is 15.9 Å². The van der Waals surface area contributed by atoms with Crippen LogP contribution in [0.3, 0.4) is 0 Å². The molecule has 10 heteroatoms. The number of benzene rings is 1. The van der Waals surface area contributed by atoms with Crippen LogP contribution in [0.15, 0.2) is 42.2 Å². The van der Waals surface area contributed by atoms with Gasteiger partial charge in [-0.25, -0.2) is 4.79 Å². The smallest absolute Gasteiger partial charge is 0.396 e. The molecule has 0 bridgehead atoms. The zero-order chi connectivity index (χ0) is 20.3. The molecule has 0 aliphatic carbocycles. The van der Waals surface area contributed by atoms with Gasteiger partial charge >= 0.3 is 16.9 Å². The average Bonchev–Trinajstić information content (AvgIpc) is 2.61. The summed E-state index contributed by atoms with van der Waals surface area (Å²) in [6.07, 6.45) is -4.01. The van der Waals surface area contributed by atoms with Crippen LogP contribution in [0.5, 0.6) is 0 Å². The third kappa shape index (κ3) is 9.21. The van der Waals surface area contributed by atoms with Crippen molar-refractivity contribution >= 4 is 21.9 Å². The van der Waals surface area contributed by atoms with Gasteiger partial charge in [-0.2, -0.15) is 17.6 Å². The highest BCUT2D eigenvalue weighted by atomic mass is 79.9. The zero-order valence-electron chi connectivity index (χ0n) is 14.4. The first-order valence-corrected chi connectivity index (χ1v) is 8.61. The van der Waals surface area contributed by atoms with Crippen molar-refractivity contribution in [3.63, 3.8) is 0 Å². The van der Waals surface area contributed by atoms with Gasteiger partial charge in [0.2, 0.25) is 5.76 Å². The fourth-order valence-electron chi connectivity index (χ4n) is 1.96. The van der Waals surface area contributed by atoms with Crippen molar-refractivity contribution < 1.29 is 41.3 Å². The van der Waals surface area contributed by atoms with Gasteiger partial charge in [0.1, 0.15) is 0 Å². The molecule has 1 rings (SSSR count). The molecular weight excluding hydrogens is 440 g/mol. The Morgan fingerprint density at radius 1 is 1.19 bits per heavy atom. The number of carbonyl (C=O) groups excluding carboxylic acids is 1. The monoisotopic (exact) mass is 458 g/mol. The molecule has 5 nitrogen and oxygen atoms in total. The second kappa shape index (κ2) is 11.9. The van der Waals surface area contributed by atoms with Crippen molar-refractivity contribution in [3.8, 4) is 0 Å². The van der Waals surface area contributed by atoms with E-state index in [1.165, 1.54) is 7.11 Å². The maximum absolute atomic E-state index is 13.3. The van der Waals surface area contributed by atoms with Crippen LogP contribution in [0.2, 0.25) is 0 Å². The molecule has 1 atom stereocenters. The quantitative estimate of drug-likeness (QED) is 0.117. The molecule has 0 heterocycles. The van der Waals surface area contributed by atoms with E-state index in [0.717, 1.165) is 5.56 Å². The lowest BCUT2D eigenvalue weighted by Gasteiger charge is -2.21. The number of halogens is 5. The molecule has 0 fully saturated rings. The van der Waals surface area contributed by atoms with Crippen molar-refractivity contribution in [1.29, 1.82) is 0 Å². The van der Waals surface area contributed by atoms with E-state index in [4.69, 9.17) is 14.2 Å². The third-order valence-electron chi connectivity index (χ3n) is 3.23. The van der Waals surface area contributed by atoms with Crippen LogP contribution in [0.25, 0.3) is 0 Å². The minimum absolute atomic E-state index is 0.0750. The van der Waals surface area contributed by atoms with Crippen LogP contribution in [-0.2, 0) is 30.2 Å². The van der Waals surface area contributed by atoms with E-state index in [1.807, 2.05) is 15.9 Å². The molecular formula is C17H19BrF4O5. The number of rotatable bonds is 12. The van der Waals surface area contributed by atoms with E-state index in [9.17, 15) is 22.4 Å². The number of carbonyl (C=O) groups is 1. The predicted octanol–water partition coefficient (Wildman–Crippen LogP) is 4.26. The van der Waals surface area contributed by atoms with Gasteiger partial charge in [-0.15, -0.1) is 0 Å². The maximum Gasteiger partial charge on any atom is 0.396 e. The van der Waals surface area contributed by atoms with Crippen LogP contribution in [0.1, 0.15) is 12.0 Å². The van der Waals surface area contributed by atoms with Gasteiger partial charge < -0.3 is 18.9 Å². The number of methoxy groups -OCH3 is 1. The molecule has 0 aliphatic rings. The van der Waals surface area contributed by atoms with Crippen LogP contribution in [0.4, 0.5) is 17.6 Å². The Balaban J connectivity index is 2.84. The normalized spacial score (nSPS) is 12.4. The Hall–Kier alpha value is -1.65. The summed E-state index contributed by atoms with van der Waals surface area (Å²) in [7, 11) is 1.43. The average molecular weight is 459 g/mol. The van der Waals surface area contributed by atoms with E-state index < -0.39 is 35.5 Å². The van der Waals surface area contributed by atoms with Gasteiger partial charge in [0.25, 0.3) is 0 Å². The summed E-state index contributed by atoms with van der Waals surface area (Å²) >= 11 is 1.84. The van der Waals surface area contributed by atoms with E-state index in [2.05, 4.69) is 4.74 Å². The zero-order valence-corrected chi connectivity index (χ0v) is 16.0. The van der Waals surface area contributed by atoms with Gasteiger partial charge in [0, 0.05) is 23.0 Å². The Morgan fingerprint density at radius 3 is 2.41 bits per heavy atom. The molecule has 0 aromatic heterocycles. The summed E-state index contributed by atoms with van der Waals surface area (Å²) in [5.41, 5.74) is 0.749. The van der Waals surface area contributed by atoms with Crippen molar-refractivity contribution in [2.24, 2.45) is 0 Å². The van der Waals surface area contributed by atoms with Crippen molar-refractivity contribution in [3.05, 3.63) is 47.7 Å². The SMILES string of the molecule is COCCOCOC(=C(F)F)C(CCc1ccccc1)OC(=O)C(F)(F)Br. The molecule has 0 saturated heterocycles. The molecule has 1 aromatic rings. The number of ether oxygens (including phenoxy) is 4. The number of esters is 1. The first kappa shape index (κ1) is 23.4. The number of hydrogen-bond donors (Lipinski definition) is 0. The second-order valence-electron chi connectivity index (χ2n) is 5.20. The molecule has 0 saturated carbocycles. The Labute approximate surface area is 162 Å². The lowest BCUT2D eigenvalue weighted by atomic mass is 10.1. The maximum atomic E-state index is 13.3. The van der Waals surface area contributed by atoms with Gasteiger partial charge in [0.05, 0.1) is 13.2 Å². The molecule has 0 spiro atoms. The summed E-state index contributed by atoms with van der Waals surface area (Å²) in [4.78, 5) is 7.43. The Morgan fingerprint density at radius 2 is 1.85 bits per heavy atom. The highest BCUT2D eigenvalue weighted by Crippen LogP contribution is 2.28. The highest BCUT2D eigenvalue weighted by Gasteiger charge is 2.40. The summed E-state index contributed by atoms with van der Waals surface area (Å²) in [6.45, 7) is -0.297. The summed E-state index contributed by atoms with van der Waals surface area (Å²) in [6, 6.07) is 8.68. The lowest BCUT2D eigenvalue weighted by Crippen LogP contribution is -2.31. The number of aryl methyl sites for hydroxylation is 1. The first-order valence-electron chi connectivity index (χ1n) is 7.82. The minimum Gasteiger partial charge on any atom is -0.462 e. The molecule has 1 unspecified atom stereocenters. The molecule has 1 aromatic carbocycles. The van der Waals surface area contributed by atoms with E-state index in [1.54, 1.807) is 30.3 Å². The molecule has 0 N–H and O–H groups in total. The molecule has 152 valence electrons. The summed E-state index contributed by atoms with van der Waals surface area (Å²) in [5.74, 6) is -3.03. The summed E-state index contributed by atoms with van der Waals surface area (Å²) < 4.78 is 71.7. The van der Waals surface area contributed by atoms with Crippen LogP contribution in [-0.4, -0.2) is 44.0 Å². The largest absolute Gasteiger partial charge is 0.462 e. The summed E-state index contributed by atoms with van der Waals surface area (Å²) in [5, 5.41) is 0. The molecule has 27 heavy (non-hydrogen) atoms.